The SMILES string of the molecule is CCCCc1cc(C2=C(C(CC(C)(C)C)C(=O)OCC)CCCC2)ccc1C. The van der Waals surface area contributed by atoms with Crippen LogP contribution in [0.3, 0.4) is 0 Å². The Morgan fingerprint density at radius 3 is 2.50 bits per heavy atom. The highest BCUT2D eigenvalue weighted by Gasteiger charge is 2.32. The quantitative estimate of drug-likeness (QED) is 0.440. The maximum atomic E-state index is 12.9. The van der Waals surface area contributed by atoms with Crippen LogP contribution in [0.2, 0.25) is 0 Å². The van der Waals surface area contributed by atoms with Crippen molar-refractivity contribution >= 4 is 11.5 Å². The van der Waals surface area contributed by atoms with Gasteiger partial charge in [0.2, 0.25) is 0 Å². The highest BCUT2D eigenvalue weighted by molar-refractivity contribution is 5.82. The van der Waals surface area contributed by atoms with Crippen molar-refractivity contribution in [3.05, 3.63) is 40.5 Å². The second-order valence-electron chi connectivity index (χ2n) is 9.53. The summed E-state index contributed by atoms with van der Waals surface area (Å²) in [6.45, 7) is 13.5. The van der Waals surface area contributed by atoms with E-state index in [1.807, 2.05) is 6.92 Å². The maximum Gasteiger partial charge on any atom is 0.313 e. The second kappa shape index (κ2) is 10.3. The topological polar surface area (TPSA) is 26.3 Å². The molecule has 2 rings (SSSR count). The smallest absolute Gasteiger partial charge is 0.313 e. The molecule has 2 heteroatoms. The van der Waals surface area contributed by atoms with Gasteiger partial charge in [-0.05, 0) is 86.5 Å². The van der Waals surface area contributed by atoms with Crippen molar-refractivity contribution in [1.29, 1.82) is 0 Å². The number of benzene rings is 1. The predicted octanol–water partition coefficient (Wildman–Crippen LogP) is 7.28. The van der Waals surface area contributed by atoms with Gasteiger partial charge in [0.05, 0.1) is 12.5 Å². The minimum absolute atomic E-state index is 0.0369. The van der Waals surface area contributed by atoms with Crippen molar-refractivity contribution in [2.45, 2.75) is 92.9 Å². The van der Waals surface area contributed by atoms with Crippen LogP contribution >= 0.6 is 0 Å². The Kier molecular flexibility index (Phi) is 8.34. The Morgan fingerprint density at radius 1 is 1.14 bits per heavy atom. The van der Waals surface area contributed by atoms with Crippen molar-refractivity contribution in [3.8, 4) is 0 Å². The molecule has 1 atom stereocenters. The molecule has 0 spiro atoms. The lowest BCUT2D eigenvalue weighted by Crippen LogP contribution is -2.26. The van der Waals surface area contributed by atoms with Crippen LogP contribution in [0.4, 0.5) is 0 Å². The van der Waals surface area contributed by atoms with Crippen LogP contribution in [0, 0.1) is 18.3 Å². The first-order valence-corrected chi connectivity index (χ1v) is 11.2. The Balaban J connectivity index is 2.48. The van der Waals surface area contributed by atoms with Crippen molar-refractivity contribution < 1.29 is 9.53 Å². The van der Waals surface area contributed by atoms with Crippen LogP contribution in [0.1, 0.15) is 96.3 Å². The minimum atomic E-state index is -0.115. The van der Waals surface area contributed by atoms with Gasteiger partial charge in [0.25, 0.3) is 0 Å². The lowest BCUT2D eigenvalue weighted by molar-refractivity contribution is -0.147. The second-order valence-corrected chi connectivity index (χ2v) is 9.53. The van der Waals surface area contributed by atoms with Crippen LogP contribution in [0.25, 0.3) is 5.57 Å². The van der Waals surface area contributed by atoms with Gasteiger partial charge in [0, 0.05) is 0 Å². The van der Waals surface area contributed by atoms with Gasteiger partial charge in [0.1, 0.15) is 0 Å². The Bertz CT molecular complexity index is 691. The summed E-state index contributed by atoms with van der Waals surface area (Å²) in [6, 6.07) is 6.93. The molecule has 28 heavy (non-hydrogen) atoms. The van der Waals surface area contributed by atoms with Gasteiger partial charge >= 0.3 is 5.97 Å². The molecule has 0 N–H and O–H groups in total. The molecule has 1 aliphatic rings. The Hall–Kier alpha value is -1.57. The van der Waals surface area contributed by atoms with Crippen molar-refractivity contribution in [1.82, 2.24) is 0 Å². The number of carbonyl (C=O) groups is 1. The summed E-state index contributed by atoms with van der Waals surface area (Å²) in [4.78, 5) is 12.9. The van der Waals surface area contributed by atoms with E-state index in [0.717, 1.165) is 25.7 Å². The predicted molar refractivity (Wildman–Crippen MR) is 119 cm³/mol. The van der Waals surface area contributed by atoms with E-state index < -0.39 is 0 Å². The summed E-state index contributed by atoms with van der Waals surface area (Å²) in [5, 5.41) is 0. The molecule has 0 amide bonds. The van der Waals surface area contributed by atoms with Gasteiger partial charge < -0.3 is 4.74 Å². The first kappa shape index (κ1) is 22.7. The number of esters is 1. The number of carbonyl (C=O) groups excluding carboxylic acids is 1. The normalized spacial score (nSPS) is 16.2. The van der Waals surface area contributed by atoms with E-state index in [9.17, 15) is 4.79 Å². The number of hydrogen-bond acceptors (Lipinski definition) is 2. The average molecular weight is 385 g/mol. The van der Waals surface area contributed by atoms with Crippen molar-refractivity contribution in [2.75, 3.05) is 6.61 Å². The molecule has 156 valence electrons. The number of allylic oxidation sites excluding steroid dienone is 1. The Labute approximate surface area is 172 Å². The fourth-order valence-corrected chi connectivity index (χ4v) is 4.34. The minimum Gasteiger partial charge on any atom is -0.466 e. The van der Waals surface area contributed by atoms with E-state index in [2.05, 4.69) is 52.8 Å². The summed E-state index contributed by atoms with van der Waals surface area (Å²) in [6.07, 6.45) is 8.91. The molecular weight excluding hydrogens is 344 g/mol. The van der Waals surface area contributed by atoms with Gasteiger partial charge in [-0.15, -0.1) is 0 Å². The zero-order valence-electron chi connectivity index (χ0n) is 19.0. The number of aryl methyl sites for hydroxylation is 2. The molecule has 0 saturated heterocycles. The van der Waals surface area contributed by atoms with E-state index in [4.69, 9.17) is 4.74 Å². The molecule has 1 aliphatic carbocycles. The molecular formula is C26H40O2. The molecule has 1 aromatic rings. The largest absolute Gasteiger partial charge is 0.466 e. The van der Waals surface area contributed by atoms with E-state index in [1.165, 1.54) is 53.5 Å². The first-order chi connectivity index (χ1) is 13.3. The molecule has 0 heterocycles. The molecule has 0 aliphatic heterocycles. The lowest BCUT2D eigenvalue weighted by Gasteiger charge is -2.31. The maximum absolute atomic E-state index is 12.9. The number of unbranched alkanes of at least 4 members (excludes halogenated alkanes) is 1. The third-order valence-corrected chi connectivity index (χ3v) is 5.82. The lowest BCUT2D eigenvalue weighted by atomic mass is 9.74. The third-order valence-electron chi connectivity index (χ3n) is 5.82. The zero-order valence-corrected chi connectivity index (χ0v) is 19.0. The molecule has 2 nitrogen and oxygen atoms in total. The molecule has 0 saturated carbocycles. The van der Waals surface area contributed by atoms with E-state index in [1.54, 1.807) is 0 Å². The fourth-order valence-electron chi connectivity index (χ4n) is 4.34. The third kappa shape index (κ3) is 6.22. The van der Waals surface area contributed by atoms with Gasteiger partial charge in [0.15, 0.2) is 0 Å². The summed E-state index contributed by atoms with van der Waals surface area (Å²) in [7, 11) is 0. The van der Waals surface area contributed by atoms with Crippen LogP contribution in [0.5, 0.6) is 0 Å². The molecule has 0 radical (unpaired) electrons. The zero-order chi connectivity index (χ0) is 20.7. The first-order valence-electron chi connectivity index (χ1n) is 11.2. The molecule has 0 bridgehead atoms. The fraction of sp³-hybridized carbons (Fsp3) is 0.654. The number of rotatable bonds is 8. The van der Waals surface area contributed by atoms with E-state index >= 15 is 0 Å². The summed E-state index contributed by atoms with van der Waals surface area (Å²) in [5.41, 5.74) is 7.00. The van der Waals surface area contributed by atoms with E-state index in [-0.39, 0.29) is 17.3 Å². The Morgan fingerprint density at radius 2 is 1.86 bits per heavy atom. The van der Waals surface area contributed by atoms with Crippen LogP contribution in [-0.2, 0) is 16.0 Å². The number of ether oxygens (including phenoxy) is 1. The highest BCUT2D eigenvalue weighted by atomic mass is 16.5. The van der Waals surface area contributed by atoms with Gasteiger partial charge in [-0.2, -0.15) is 0 Å². The van der Waals surface area contributed by atoms with Crippen molar-refractivity contribution in [3.63, 3.8) is 0 Å². The standard InChI is InChI=1S/C26H40O2/c1-7-9-12-20-17-21(16-15-19(20)3)22-13-10-11-14-23(22)24(18-26(4,5)6)25(27)28-8-2/h15-17,24H,7-14,18H2,1-6H3. The molecule has 0 aromatic heterocycles. The average Bonchev–Trinajstić information content (AvgIpc) is 2.65. The van der Waals surface area contributed by atoms with Crippen molar-refractivity contribution in [2.24, 2.45) is 11.3 Å². The van der Waals surface area contributed by atoms with Gasteiger partial charge in [-0.25, -0.2) is 0 Å². The molecule has 1 aromatic carbocycles. The highest BCUT2D eigenvalue weighted by Crippen LogP contribution is 2.41. The van der Waals surface area contributed by atoms with E-state index in [0.29, 0.717) is 6.61 Å². The molecule has 1 unspecified atom stereocenters. The van der Waals surface area contributed by atoms with Crippen LogP contribution in [0.15, 0.2) is 23.8 Å². The van der Waals surface area contributed by atoms with Crippen LogP contribution in [-0.4, -0.2) is 12.6 Å². The van der Waals surface area contributed by atoms with Crippen LogP contribution < -0.4 is 0 Å². The summed E-state index contributed by atoms with van der Waals surface area (Å²) < 4.78 is 5.51. The monoisotopic (exact) mass is 384 g/mol. The summed E-state index contributed by atoms with van der Waals surface area (Å²) >= 11 is 0. The summed E-state index contributed by atoms with van der Waals surface area (Å²) in [5.74, 6) is -0.152. The molecule has 0 fully saturated rings. The number of hydrogen-bond donors (Lipinski definition) is 0. The van der Waals surface area contributed by atoms with Gasteiger partial charge in [-0.3, -0.25) is 4.79 Å². The van der Waals surface area contributed by atoms with Gasteiger partial charge in [-0.1, -0.05) is 57.9 Å².